The highest BCUT2D eigenvalue weighted by atomic mass is 16.2. The number of nitrogens with zero attached hydrogens (tertiary/aromatic N) is 2. The van der Waals surface area contributed by atoms with Crippen LogP contribution < -0.4 is 5.32 Å². The lowest BCUT2D eigenvalue weighted by Gasteiger charge is -2.35. The first-order chi connectivity index (χ1) is 8.72. The van der Waals surface area contributed by atoms with E-state index in [1.54, 1.807) is 6.33 Å². The zero-order valence-corrected chi connectivity index (χ0v) is 11.3. The number of aliphatic hydroxyl groups is 1. The molecule has 4 nitrogen and oxygen atoms in total. The number of anilines is 1. The van der Waals surface area contributed by atoms with E-state index in [4.69, 9.17) is 5.11 Å². The smallest absolute Gasteiger partial charge is 0.132 e. The van der Waals surface area contributed by atoms with Crippen LogP contribution in [0.25, 0.3) is 0 Å². The van der Waals surface area contributed by atoms with Gasteiger partial charge in [-0.1, -0.05) is 6.42 Å². The molecule has 0 aliphatic heterocycles. The third-order valence-electron chi connectivity index (χ3n) is 4.05. The van der Waals surface area contributed by atoms with Gasteiger partial charge in [-0.15, -0.1) is 0 Å². The third kappa shape index (κ3) is 2.99. The molecule has 1 aliphatic rings. The molecule has 0 radical (unpaired) electrons. The monoisotopic (exact) mass is 249 g/mol. The van der Waals surface area contributed by atoms with E-state index in [-0.39, 0.29) is 6.61 Å². The maximum atomic E-state index is 9.00. The Balaban J connectivity index is 2.04. The van der Waals surface area contributed by atoms with Gasteiger partial charge < -0.3 is 10.4 Å². The van der Waals surface area contributed by atoms with Gasteiger partial charge in [-0.05, 0) is 45.4 Å². The van der Waals surface area contributed by atoms with Crippen LogP contribution in [0.2, 0.25) is 0 Å². The van der Waals surface area contributed by atoms with Crippen molar-refractivity contribution in [1.29, 1.82) is 0 Å². The van der Waals surface area contributed by atoms with Gasteiger partial charge in [0.1, 0.15) is 12.1 Å². The standard InChI is InChI=1S/C14H23N3O/c1-10-11(2)15-9-16-14(10)17-13(7-4-8-18)12-5-3-6-12/h9,12-13,18H,3-8H2,1-2H3,(H,15,16,17). The van der Waals surface area contributed by atoms with Crippen molar-refractivity contribution in [3.8, 4) is 0 Å². The molecule has 1 saturated carbocycles. The van der Waals surface area contributed by atoms with Crippen molar-refractivity contribution in [1.82, 2.24) is 9.97 Å². The van der Waals surface area contributed by atoms with Crippen LogP contribution in [0.1, 0.15) is 43.4 Å². The summed E-state index contributed by atoms with van der Waals surface area (Å²) in [5.74, 6) is 1.70. The molecule has 4 heteroatoms. The van der Waals surface area contributed by atoms with E-state index in [1.807, 2.05) is 6.92 Å². The molecular formula is C14H23N3O. The number of rotatable bonds is 6. The first-order valence-electron chi connectivity index (χ1n) is 6.88. The molecule has 1 unspecified atom stereocenters. The van der Waals surface area contributed by atoms with Crippen LogP contribution in [-0.4, -0.2) is 27.7 Å². The largest absolute Gasteiger partial charge is 0.396 e. The summed E-state index contributed by atoms with van der Waals surface area (Å²) in [4.78, 5) is 8.54. The molecule has 1 aliphatic carbocycles. The van der Waals surface area contributed by atoms with Crippen molar-refractivity contribution in [3.63, 3.8) is 0 Å². The van der Waals surface area contributed by atoms with Gasteiger partial charge in [0.15, 0.2) is 0 Å². The predicted molar refractivity (Wildman–Crippen MR) is 72.6 cm³/mol. The summed E-state index contributed by atoms with van der Waals surface area (Å²) in [6.45, 7) is 4.34. The normalized spacial score (nSPS) is 17.3. The quantitative estimate of drug-likeness (QED) is 0.813. The Hall–Kier alpha value is -1.16. The number of nitrogens with one attached hydrogen (secondary N) is 1. The fraction of sp³-hybridized carbons (Fsp3) is 0.714. The summed E-state index contributed by atoms with van der Waals surface area (Å²) in [7, 11) is 0. The molecular weight excluding hydrogens is 226 g/mol. The molecule has 18 heavy (non-hydrogen) atoms. The van der Waals surface area contributed by atoms with Crippen molar-refractivity contribution < 1.29 is 5.11 Å². The molecule has 1 aromatic heterocycles. The van der Waals surface area contributed by atoms with Crippen molar-refractivity contribution in [2.75, 3.05) is 11.9 Å². The van der Waals surface area contributed by atoms with Gasteiger partial charge >= 0.3 is 0 Å². The lowest BCUT2D eigenvalue weighted by Crippen LogP contribution is -2.34. The van der Waals surface area contributed by atoms with Gasteiger partial charge in [-0.3, -0.25) is 0 Å². The van der Waals surface area contributed by atoms with E-state index >= 15 is 0 Å². The third-order valence-corrected chi connectivity index (χ3v) is 4.05. The minimum Gasteiger partial charge on any atom is -0.396 e. The number of aryl methyl sites for hydroxylation is 1. The summed E-state index contributed by atoms with van der Waals surface area (Å²) in [5, 5.41) is 12.6. The Morgan fingerprint density at radius 1 is 1.39 bits per heavy atom. The van der Waals surface area contributed by atoms with Crippen LogP contribution in [0.5, 0.6) is 0 Å². The highest BCUT2D eigenvalue weighted by molar-refractivity contribution is 5.45. The highest BCUT2D eigenvalue weighted by Crippen LogP contribution is 2.33. The summed E-state index contributed by atoms with van der Waals surface area (Å²) in [5.41, 5.74) is 2.16. The SMILES string of the molecule is Cc1ncnc(NC(CCCO)C2CCC2)c1C. The molecule has 1 heterocycles. The summed E-state index contributed by atoms with van der Waals surface area (Å²) >= 11 is 0. The predicted octanol–water partition coefficient (Wildman–Crippen LogP) is 2.45. The van der Waals surface area contributed by atoms with E-state index in [0.717, 1.165) is 35.8 Å². The molecule has 0 aromatic carbocycles. The number of hydrogen-bond donors (Lipinski definition) is 2. The minimum absolute atomic E-state index is 0.271. The maximum Gasteiger partial charge on any atom is 0.132 e. The first-order valence-corrected chi connectivity index (χ1v) is 6.88. The van der Waals surface area contributed by atoms with Crippen LogP contribution in [0, 0.1) is 19.8 Å². The summed E-state index contributed by atoms with van der Waals surface area (Å²) < 4.78 is 0. The highest BCUT2D eigenvalue weighted by Gasteiger charge is 2.27. The average molecular weight is 249 g/mol. The summed E-state index contributed by atoms with van der Waals surface area (Å²) in [6.07, 6.45) is 7.43. The Labute approximate surface area is 109 Å². The van der Waals surface area contributed by atoms with E-state index in [1.165, 1.54) is 19.3 Å². The van der Waals surface area contributed by atoms with Gasteiger partial charge in [0, 0.05) is 23.9 Å². The summed E-state index contributed by atoms with van der Waals surface area (Å²) in [6, 6.07) is 0.443. The molecule has 0 bridgehead atoms. The van der Waals surface area contributed by atoms with E-state index in [0.29, 0.717) is 6.04 Å². The molecule has 0 spiro atoms. The van der Waals surface area contributed by atoms with Crippen LogP contribution in [0.15, 0.2) is 6.33 Å². The lowest BCUT2D eigenvalue weighted by molar-refractivity contribution is 0.236. The fourth-order valence-corrected chi connectivity index (χ4v) is 2.44. The second-order valence-corrected chi connectivity index (χ2v) is 5.24. The van der Waals surface area contributed by atoms with Crippen LogP contribution in [-0.2, 0) is 0 Å². The average Bonchev–Trinajstić information content (AvgIpc) is 2.29. The lowest BCUT2D eigenvalue weighted by atomic mass is 9.78. The van der Waals surface area contributed by atoms with Gasteiger partial charge in [0.05, 0.1) is 0 Å². The van der Waals surface area contributed by atoms with Crippen molar-refractivity contribution in [3.05, 3.63) is 17.6 Å². The second-order valence-electron chi connectivity index (χ2n) is 5.24. The van der Waals surface area contributed by atoms with Gasteiger partial charge in [-0.25, -0.2) is 9.97 Å². The molecule has 100 valence electrons. The van der Waals surface area contributed by atoms with Crippen molar-refractivity contribution in [2.24, 2.45) is 5.92 Å². The maximum absolute atomic E-state index is 9.00. The minimum atomic E-state index is 0.271. The number of hydrogen-bond acceptors (Lipinski definition) is 4. The zero-order valence-electron chi connectivity index (χ0n) is 11.3. The van der Waals surface area contributed by atoms with Gasteiger partial charge in [0.2, 0.25) is 0 Å². The van der Waals surface area contributed by atoms with Crippen molar-refractivity contribution >= 4 is 5.82 Å². The fourth-order valence-electron chi connectivity index (χ4n) is 2.44. The molecule has 0 saturated heterocycles. The molecule has 2 N–H and O–H groups in total. The van der Waals surface area contributed by atoms with E-state index in [9.17, 15) is 0 Å². The van der Waals surface area contributed by atoms with Gasteiger partial charge in [-0.2, -0.15) is 0 Å². The number of aliphatic hydroxyl groups excluding tert-OH is 1. The topological polar surface area (TPSA) is 58.0 Å². The van der Waals surface area contributed by atoms with Crippen LogP contribution >= 0.6 is 0 Å². The van der Waals surface area contributed by atoms with E-state index < -0.39 is 0 Å². The zero-order chi connectivity index (χ0) is 13.0. The Bertz CT molecular complexity index is 391. The number of aromatic nitrogens is 2. The Morgan fingerprint density at radius 3 is 2.78 bits per heavy atom. The van der Waals surface area contributed by atoms with Gasteiger partial charge in [0.25, 0.3) is 0 Å². The first kappa shape index (κ1) is 13.3. The molecule has 1 fully saturated rings. The second kappa shape index (κ2) is 6.14. The molecule has 1 atom stereocenters. The van der Waals surface area contributed by atoms with Crippen LogP contribution in [0.4, 0.5) is 5.82 Å². The Morgan fingerprint density at radius 2 is 2.17 bits per heavy atom. The van der Waals surface area contributed by atoms with Crippen molar-refractivity contribution in [2.45, 2.75) is 52.0 Å². The van der Waals surface area contributed by atoms with Crippen LogP contribution in [0.3, 0.4) is 0 Å². The molecule has 0 amide bonds. The molecule has 2 rings (SSSR count). The molecule has 1 aromatic rings. The Kier molecular flexibility index (Phi) is 4.53. The van der Waals surface area contributed by atoms with E-state index in [2.05, 4.69) is 22.2 Å².